The number of likely N-dealkylation sites (tertiary alicyclic amines) is 1. The second kappa shape index (κ2) is 5.04. The monoisotopic (exact) mass is 290 g/mol. The van der Waals surface area contributed by atoms with Gasteiger partial charge in [-0.1, -0.05) is 6.07 Å². The molecule has 3 rings (SSSR count). The van der Waals surface area contributed by atoms with Crippen LogP contribution in [0.2, 0.25) is 0 Å². The van der Waals surface area contributed by atoms with Gasteiger partial charge in [-0.2, -0.15) is 0 Å². The minimum atomic E-state index is -1.01. The molecule has 0 aliphatic carbocycles. The Morgan fingerprint density at radius 3 is 2.90 bits per heavy atom. The molecule has 1 amide bonds. The van der Waals surface area contributed by atoms with E-state index in [1.165, 1.54) is 9.30 Å². The van der Waals surface area contributed by atoms with Crippen LogP contribution in [-0.4, -0.2) is 48.7 Å². The van der Waals surface area contributed by atoms with Gasteiger partial charge in [-0.15, -0.1) is 5.10 Å². The summed E-state index contributed by atoms with van der Waals surface area (Å²) in [5.41, 5.74) is 0.0385. The molecule has 0 bridgehead atoms. The molecule has 3 heterocycles. The van der Waals surface area contributed by atoms with Gasteiger partial charge in [0, 0.05) is 12.7 Å². The number of fused-ring (bicyclic) bond motifs is 1. The lowest BCUT2D eigenvalue weighted by Gasteiger charge is -2.20. The molecular formula is C13H14N4O4. The summed E-state index contributed by atoms with van der Waals surface area (Å²) >= 11 is 0. The van der Waals surface area contributed by atoms with Crippen LogP contribution in [-0.2, 0) is 16.1 Å². The third-order valence-electron chi connectivity index (χ3n) is 3.63. The highest BCUT2D eigenvalue weighted by Crippen LogP contribution is 2.17. The summed E-state index contributed by atoms with van der Waals surface area (Å²) in [4.78, 5) is 36.7. The molecule has 110 valence electrons. The molecule has 0 aromatic carbocycles. The largest absolute Gasteiger partial charge is 0.480 e. The number of carbonyl (C=O) groups is 2. The number of carbonyl (C=O) groups excluding carboxylic acids is 1. The first kappa shape index (κ1) is 13.3. The van der Waals surface area contributed by atoms with Crippen molar-refractivity contribution < 1.29 is 14.7 Å². The molecular weight excluding hydrogens is 276 g/mol. The summed E-state index contributed by atoms with van der Waals surface area (Å²) in [7, 11) is 0. The Morgan fingerprint density at radius 2 is 2.19 bits per heavy atom. The summed E-state index contributed by atoms with van der Waals surface area (Å²) in [6, 6.07) is 4.31. The van der Waals surface area contributed by atoms with E-state index in [0.717, 1.165) is 4.68 Å². The number of rotatable bonds is 3. The molecule has 1 fully saturated rings. The quantitative estimate of drug-likeness (QED) is 0.827. The fraction of sp³-hybridized carbons (Fsp3) is 0.385. The molecule has 8 heteroatoms. The van der Waals surface area contributed by atoms with Gasteiger partial charge in [0.25, 0.3) is 0 Å². The van der Waals surface area contributed by atoms with Gasteiger partial charge >= 0.3 is 11.7 Å². The number of nitrogens with zero attached hydrogens (tertiary/aromatic N) is 4. The van der Waals surface area contributed by atoms with Crippen LogP contribution in [0.1, 0.15) is 12.8 Å². The van der Waals surface area contributed by atoms with Crippen LogP contribution in [0.3, 0.4) is 0 Å². The molecule has 0 saturated carbocycles. The molecule has 2 aromatic heterocycles. The number of pyridine rings is 1. The zero-order valence-corrected chi connectivity index (χ0v) is 11.2. The number of carboxylic acids is 1. The van der Waals surface area contributed by atoms with Gasteiger partial charge in [0.05, 0.1) is 0 Å². The van der Waals surface area contributed by atoms with Crippen molar-refractivity contribution in [2.24, 2.45) is 0 Å². The van der Waals surface area contributed by atoms with Crippen LogP contribution in [0.4, 0.5) is 0 Å². The predicted octanol–water partition coefficient (Wildman–Crippen LogP) is -0.428. The van der Waals surface area contributed by atoms with Gasteiger partial charge in [0.15, 0.2) is 5.65 Å². The lowest BCUT2D eigenvalue weighted by atomic mass is 10.2. The summed E-state index contributed by atoms with van der Waals surface area (Å²) in [6.45, 7) is 0.155. The summed E-state index contributed by atoms with van der Waals surface area (Å²) in [5.74, 6) is -1.41. The van der Waals surface area contributed by atoms with Crippen LogP contribution in [0, 0.1) is 0 Å². The lowest BCUT2D eigenvalue weighted by molar-refractivity contribution is -0.148. The summed E-state index contributed by atoms with van der Waals surface area (Å²) in [5, 5.41) is 13.2. The Morgan fingerprint density at radius 1 is 1.38 bits per heavy atom. The van der Waals surface area contributed by atoms with E-state index in [0.29, 0.717) is 25.0 Å². The topological polar surface area (TPSA) is 96.9 Å². The average Bonchev–Trinajstić information content (AvgIpc) is 3.05. The van der Waals surface area contributed by atoms with Crippen LogP contribution in [0.15, 0.2) is 29.2 Å². The third kappa shape index (κ3) is 2.28. The van der Waals surface area contributed by atoms with E-state index in [1.807, 2.05) is 0 Å². The second-order valence-corrected chi connectivity index (χ2v) is 4.95. The number of hydrogen-bond acceptors (Lipinski definition) is 4. The average molecular weight is 290 g/mol. The number of carboxylic acid groups (broad SMARTS) is 1. The summed E-state index contributed by atoms with van der Waals surface area (Å²) < 4.78 is 2.40. The van der Waals surface area contributed by atoms with E-state index in [2.05, 4.69) is 5.10 Å². The Hall–Kier alpha value is -2.64. The zero-order chi connectivity index (χ0) is 15.0. The van der Waals surface area contributed by atoms with Crippen molar-refractivity contribution in [1.82, 2.24) is 19.1 Å². The highest BCUT2D eigenvalue weighted by atomic mass is 16.4. The molecule has 0 radical (unpaired) electrons. The van der Waals surface area contributed by atoms with Crippen LogP contribution in [0.5, 0.6) is 0 Å². The zero-order valence-electron chi connectivity index (χ0n) is 11.2. The highest BCUT2D eigenvalue weighted by Gasteiger charge is 2.34. The number of amides is 1. The van der Waals surface area contributed by atoms with Gasteiger partial charge in [-0.05, 0) is 25.0 Å². The molecule has 1 aliphatic heterocycles. The number of aliphatic carboxylic acids is 1. The van der Waals surface area contributed by atoms with Gasteiger partial charge in [-0.3, -0.25) is 9.20 Å². The molecule has 1 saturated heterocycles. The summed E-state index contributed by atoms with van der Waals surface area (Å²) in [6.07, 6.45) is 2.67. The van der Waals surface area contributed by atoms with Crippen molar-refractivity contribution in [3.8, 4) is 0 Å². The lowest BCUT2D eigenvalue weighted by Crippen LogP contribution is -2.43. The van der Waals surface area contributed by atoms with E-state index in [-0.39, 0.29) is 6.54 Å². The van der Waals surface area contributed by atoms with Crippen molar-refractivity contribution in [3.05, 3.63) is 34.9 Å². The Labute approximate surface area is 119 Å². The SMILES string of the molecule is O=C(O)C1CCCN1C(=O)Cn1nc2ccccn2c1=O. The highest BCUT2D eigenvalue weighted by molar-refractivity contribution is 5.84. The van der Waals surface area contributed by atoms with E-state index in [9.17, 15) is 14.4 Å². The fourth-order valence-corrected chi connectivity index (χ4v) is 2.61. The van der Waals surface area contributed by atoms with Gasteiger partial charge in [-0.25, -0.2) is 14.3 Å². The number of aromatic nitrogens is 3. The van der Waals surface area contributed by atoms with Crippen molar-refractivity contribution in [2.75, 3.05) is 6.54 Å². The first-order chi connectivity index (χ1) is 10.1. The molecule has 0 spiro atoms. The van der Waals surface area contributed by atoms with Gasteiger partial charge in [0.2, 0.25) is 5.91 Å². The minimum Gasteiger partial charge on any atom is -0.480 e. The molecule has 21 heavy (non-hydrogen) atoms. The third-order valence-corrected chi connectivity index (χ3v) is 3.63. The smallest absolute Gasteiger partial charge is 0.350 e. The standard InChI is InChI=1S/C13H14N4O4/c18-11(15-7-3-4-9(15)12(19)20)8-17-13(21)16-6-2-1-5-10(16)14-17/h1-2,5-6,9H,3-4,7-8H2,(H,19,20). The van der Waals surface area contributed by atoms with E-state index in [4.69, 9.17) is 5.11 Å². The fourth-order valence-electron chi connectivity index (χ4n) is 2.61. The first-order valence-electron chi connectivity index (χ1n) is 6.64. The van der Waals surface area contributed by atoms with Crippen LogP contribution in [0.25, 0.3) is 5.65 Å². The van der Waals surface area contributed by atoms with E-state index >= 15 is 0 Å². The Kier molecular flexibility index (Phi) is 3.20. The van der Waals surface area contributed by atoms with Gasteiger partial charge in [0.1, 0.15) is 12.6 Å². The molecule has 1 N–H and O–H groups in total. The first-order valence-corrected chi connectivity index (χ1v) is 6.64. The molecule has 1 atom stereocenters. The molecule has 8 nitrogen and oxygen atoms in total. The van der Waals surface area contributed by atoms with E-state index in [1.54, 1.807) is 24.4 Å². The maximum atomic E-state index is 12.2. The normalized spacial score (nSPS) is 18.3. The van der Waals surface area contributed by atoms with Gasteiger partial charge < -0.3 is 10.0 Å². The maximum Gasteiger partial charge on any atom is 0.350 e. The Balaban J connectivity index is 1.85. The van der Waals surface area contributed by atoms with E-state index < -0.39 is 23.6 Å². The molecule has 2 aromatic rings. The second-order valence-electron chi connectivity index (χ2n) is 4.95. The van der Waals surface area contributed by atoms with Crippen LogP contribution < -0.4 is 5.69 Å². The number of hydrogen-bond donors (Lipinski definition) is 1. The predicted molar refractivity (Wildman–Crippen MR) is 71.8 cm³/mol. The van der Waals surface area contributed by atoms with Crippen molar-refractivity contribution >= 4 is 17.5 Å². The van der Waals surface area contributed by atoms with Crippen molar-refractivity contribution in [2.45, 2.75) is 25.4 Å². The van der Waals surface area contributed by atoms with Crippen LogP contribution >= 0.6 is 0 Å². The molecule has 1 unspecified atom stereocenters. The molecule has 1 aliphatic rings. The van der Waals surface area contributed by atoms with Crippen molar-refractivity contribution in [1.29, 1.82) is 0 Å². The Bertz CT molecular complexity index is 763. The minimum absolute atomic E-state index is 0.246. The van der Waals surface area contributed by atoms with Crippen molar-refractivity contribution in [3.63, 3.8) is 0 Å². The maximum absolute atomic E-state index is 12.2.